The fourth-order valence-electron chi connectivity index (χ4n) is 2.84. The first kappa shape index (κ1) is 15.3. The van der Waals surface area contributed by atoms with Crippen molar-refractivity contribution in [2.45, 2.75) is 32.2 Å². The topological polar surface area (TPSA) is 69.9 Å². The zero-order valence-electron chi connectivity index (χ0n) is 12.4. The molecule has 0 radical (unpaired) electrons. The van der Waals surface area contributed by atoms with Crippen LogP contribution in [0.2, 0.25) is 0 Å². The van der Waals surface area contributed by atoms with Crippen molar-refractivity contribution in [1.82, 2.24) is 14.7 Å². The minimum Gasteiger partial charge on any atom is -0.339 e. The van der Waals surface area contributed by atoms with Crippen LogP contribution in [0.15, 0.2) is 0 Å². The average Bonchev–Trinajstić information content (AvgIpc) is 2.91. The summed E-state index contributed by atoms with van der Waals surface area (Å²) in [6.45, 7) is 7.03. The van der Waals surface area contributed by atoms with Crippen LogP contribution in [-0.2, 0) is 9.59 Å². The van der Waals surface area contributed by atoms with Crippen LogP contribution < -0.4 is 5.73 Å². The smallest absolute Gasteiger partial charge is 0.236 e. The number of piperazine rings is 1. The van der Waals surface area contributed by atoms with Gasteiger partial charge in [-0.3, -0.25) is 14.5 Å². The number of amides is 2. The molecule has 2 saturated heterocycles. The van der Waals surface area contributed by atoms with Crippen LogP contribution in [0.1, 0.15) is 26.2 Å². The molecule has 2 amide bonds. The summed E-state index contributed by atoms with van der Waals surface area (Å²) in [7, 11) is 0. The Hall–Kier alpha value is -1.14. The van der Waals surface area contributed by atoms with Crippen LogP contribution in [0.3, 0.4) is 0 Å². The fraction of sp³-hybridized carbons (Fsp3) is 0.857. The third kappa shape index (κ3) is 4.18. The maximum Gasteiger partial charge on any atom is 0.236 e. The summed E-state index contributed by atoms with van der Waals surface area (Å²) in [4.78, 5) is 30.0. The number of hydrogen-bond acceptors (Lipinski definition) is 4. The van der Waals surface area contributed by atoms with Gasteiger partial charge in [0.25, 0.3) is 0 Å². The third-order valence-corrected chi connectivity index (χ3v) is 4.04. The molecule has 2 fully saturated rings. The zero-order valence-corrected chi connectivity index (χ0v) is 12.4. The standard InChI is InChI=1S/C14H26N4O2/c1-12(15)10-13(19)17-6-8-18(9-7-17)14(20)11-16-4-2-3-5-16/h12H,2-11,15H2,1H3. The van der Waals surface area contributed by atoms with Gasteiger partial charge in [-0.05, 0) is 32.9 Å². The molecule has 6 nitrogen and oxygen atoms in total. The second kappa shape index (κ2) is 7.04. The van der Waals surface area contributed by atoms with E-state index in [1.165, 1.54) is 12.8 Å². The number of nitrogens with two attached hydrogens (primary N) is 1. The molecule has 20 heavy (non-hydrogen) atoms. The Labute approximate surface area is 120 Å². The molecule has 2 aliphatic rings. The van der Waals surface area contributed by atoms with Gasteiger partial charge in [-0.1, -0.05) is 0 Å². The second-order valence-electron chi connectivity index (χ2n) is 5.93. The molecule has 0 saturated carbocycles. The Morgan fingerprint density at radius 2 is 1.45 bits per heavy atom. The van der Waals surface area contributed by atoms with Crippen molar-refractivity contribution >= 4 is 11.8 Å². The number of likely N-dealkylation sites (tertiary alicyclic amines) is 1. The largest absolute Gasteiger partial charge is 0.339 e. The summed E-state index contributed by atoms with van der Waals surface area (Å²) >= 11 is 0. The predicted molar refractivity (Wildman–Crippen MR) is 77.1 cm³/mol. The van der Waals surface area contributed by atoms with Gasteiger partial charge >= 0.3 is 0 Å². The van der Waals surface area contributed by atoms with E-state index in [-0.39, 0.29) is 17.9 Å². The van der Waals surface area contributed by atoms with E-state index in [2.05, 4.69) is 4.90 Å². The molecule has 2 aliphatic heterocycles. The van der Waals surface area contributed by atoms with Crippen LogP contribution >= 0.6 is 0 Å². The molecule has 0 aliphatic carbocycles. The lowest BCUT2D eigenvalue weighted by atomic mass is 10.2. The first-order valence-corrected chi connectivity index (χ1v) is 7.60. The molecule has 2 rings (SSSR count). The van der Waals surface area contributed by atoms with E-state index in [9.17, 15) is 9.59 Å². The van der Waals surface area contributed by atoms with E-state index in [1.54, 1.807) is 0 Å². The minimum absolute atomic E-state index is 0.0997. The first-order valence-electron chi connectivity index (χ1n) is 7.60. The van der Waals surface area contributed by atoms with E-state index in [0.29, 0.717) is 39.1 Å². The van der Waals surface area contributed by atoms with Gasteiger partial charge in [0.05, 0.1) is 6.54 Å². The van der Waals surface area contributed by atoms with Crippen molar-refractivity contribution < 1.29 is 9.59 Å². The molecule has 2 heterocycles. The Morgan fingerprint density at radius 3 is 1.95 bits per heavy atom. The first-order chi connectivity index (χ1) is 9.56. The van der Waals surface area contributed by atoms with Crippen molar-refractivity contribution in [3.63, 3.8) is 0 Å². The Morgan fingerprint density at radius 1 is 0.950 bits per heavy atom. The average molecular weight is 282 g/mol. The van der Waals surface area contributed by atoms with Gasteiger partial charge in [0.1, 0.15) is 0 Å². The predicted octanol–water partition coefficient (Wildman–Crippen LogP) is -0.510. The van der Waals surface area contributed by atoms with Crippen LogP contribution in [0.5, 0.6) is 0 Å². The van der Waals surface area contributed by atoms with Gasteiger partial charge in [0.2, 0.25) is 11.8 Å². The van der Waals surface area contributed by atoms with E-state index < -0.39 is 0 Å². The van der Waals surface area contributed by atoms with E-state index in [1.807, 2.05) is 16.7 Å². The van der Waals surface area contributed by atoms with Crippen molar-refractivity contribution in [3.8, 4) is 0 Å². The number of carbonyl (C=O) groups excluding carboxylic acids is 2. The maximum absolute atomic E-state index is 12.2. The van der Waals surface area contributed by atoms with Crippen molar-refractivity contribution in [3.05, 3.63) is 0 Å². The molecule has 1 atom stereocenters. The molecular weight excluding hydrogens is 256 g/mol. The number of carbonyl (C=O) groups is 2. The monoisotopic (exact) mass is 282 g/mol. The van der Waals surface area contributed by atoms with Crippen LogP contribution in [0.25, 0.3) is 0 Å². The highest BCUT2D eigenvalue weighted by Gasteiger charge is 2.25. The molecule has 114 valence electrons. The Bertz CT molecular complexity index is 345. The maximum atomic E-state index is 12.2. The van der Waals surface area contributed by atoms with E-state index in [0.717, 1.165) is 13.1 Å². The molecule has 0 spiro atoms. The summed E-state index contributed by atoms with van der Waals surface area (Å²) < 4.78 is 0. The highest BCUT2D eigenvalue weighted by atomic mass is 16.2. The number of nitrogens with zero attached hydrogens (tertiary/aromatic N) is 3. The normalized spacial score (nSPS) is 22.1. The molecule has 0 aromatic heterocycles. The minimum atomic E-state index is -0.0997. The lowest BCUT2D eigenvalue weighted by Gasteiger charge is -2.35. The van der Waals surface area contributed by atoms with Gasteiger partial charge in [0, 0.05) is 38.6 Å². The molecule has 0 bridgehead atoms. The van der Waals surface area contributed by atoms with E-state index in [4.69, 9.17) is 5.73 Å². The van der Waals surface area contributed by atoms with Crippen molar-refractivity contribution in [1.29, 1.82) is 0 Å². The van der Waals surface area contributed by atoms with Gasteiger partial charge < -0.3 is 15.5 Å². The van der Waals surface area contributed by atoms with Gasteiger partial charge in [-0.2, -0.15) is 0 Å². The number of rotatable bonds is 4. The Kier molecular flexibility index (Phi) is 5.37. The summed E-state index contributed by atoms with van der Waals surface area (Å²) in [6.07, 6.45) is 2.79. The third-order valence-electron chi connectivity index (χ3n) is 4.04. The second-order valence-corrected chi connectivity index (χ2v) is 5.93. The highest BCUT2D eigenvalue weighted by molar-refractivity contribution is 5.80. The SMILES string of the molecule is CC(N)CC(=O)N1CCN(C(=O)CN2CCCC2)CC1. The number of hydrogen-bond donors (Lipinski definition) is 1. The van der Waals surface area contributed by atoms with Crippen LogP contribution in [0, 0.1) is 0 Å². The molecule has 2 N–H and O–H groups in total. The van der Waals surface area contributed by atoms with Crippen LogP contribution in [0.4, 0.5) is 0 Å². The van der Waals surface area contributed by atoms with E-state index >= 15 is 0 Å². The fourth-order valence-corrected chi connectivity index (χ4v) is 2.84. The van der Waals surface area contributed by atoms with Crippen molar-refractivity contribution in [2.75, 3.05) is 45.8 Å². The van der Waals surface area contributed by atoms with Gasteiger partial charge in [-0.15, -0.1) is 0 Å². The van der Waals surface area contributed by atoms with Crippen LogP contribution in [-0.4, -0.2) is 78.4 Å². The molecular formula is C14H26N4O2. The summed E-state index contributed by atoms with van der Waals surface area (Å²) in [6, 6.07) is -0.0997. The Balaban J connectivity index is 1.73. The molecule has 6 heteroatoms. The lowest BCUT2D eigenvalue weighted by molar-refractivity contribution is -0.140. The lowest BCUT2D eigenvalue weighted by Crippen LogP contribution is -2.53. The summed E-state index contributed by atoms with van der Waals surface area (Å²) in [5, 5.41) is 0. The molecule has 0 aromatic rings. The van der Waals surface area contributed by atoms with Crippen molar-refractivity contribution in [2.24, 2.45) is 5.73 Å². The molecule has 0 aromatic carbocycles. The highest BCUT2D eigenvalue weighted by Crippen LogP contribution is 2.09. The molecule has 1 unspecified atom stereocenters. The van der Waals surface area contributed by atoms with Gasteiger partial charge in [-0.25, -0.2) is 0 Å². The zero-order chi connectivity index (χ0) is 14.5. The van der Waals surface area contributed by atoms with Gasteiger partial charge in [0.15, 0.2) is 0 Å². The quantitative estimate of drug-likeness (QED) is 0.754. The summed E-state index contributed by atoms with van der Waals surface area (Å²) in [5.41, 5.74) is 5.65. The summed E-state index contributed by atoms with van der Waals surface area (Å²) in [5.74, 6) is 0.304.